The molecule has 1 aromatic rings. The van der Waals surface area contributed by atoms with Crippen molar-refractivity contribution in [1.29, 1.82) is 0 Å². The second-order valence-electron chi connectivity index (χ2n) is 8.88. The summed E-state index contributed by atoms with van der Waals surface area (Å²) in [5.74, 6) is -5.42. The van der Waals surface area contributed by atoms with Crippen molar-refractivity contribution in [1.82, 2.24) is 15.5 Å². The fourth-order valence-corrected chi connectivity index (χ4v) is 4.09. The molecule has 1 aromatic carbocycles. The number of amides is 4. The number of carbonyl (C=O) groups excluding carboxylic acids is 4. The maximum absolute atomic E-state index is 13.1. The first-order valence-electron chi connectivity index (χ1n) is 11.9. The third kappa shape index (κ3) is 9.18. The minimum Gasteiger partial charge on any atom is -0.481 e. The molecule has 202 valence electrons. The van der Waals surface area contributed by atoms with E-state index in [1.54, 1.807) is 0 Å². The van der Waals surface area contributed by atoms with E-state index in [1.807, 2.05) is 30.3 Å². The van der Waals surface area contributed by atoms with Crippen LogP contribution in [0, 0.1) is 0 Å². The van der Waals surface area contributed by atoms with Crippen LogP contribution in [0.5, 0.6) is 0 Å². The standard InChI is InChI=1S/C24H33N5O8/c25-15(13-14-5-2-1-3-6-14)23(35)29-12-4-7-18(29)22(34)27-16(9-11-20(31)32)21(33)28-17(24(36)37)8-10-19(26)30/h1-3,5-6,15-18H,4,7-13,25H2,(H2,26,30)(H,27,34)(H,28,33)(H,31,32)(H,36,37). The van der Waals surface area contributed by atoms with Gasteiger partial charge in [-0.25, -0.2) is 4.79 Å². The Morgan fingerprint density at radius 3 is 2.22 bits per heavy atom. The van der Waals surface area contributed by atoms with E-state index < -0.39 is 66.2 Å². The Labute approximate surface area is 213 Å². The minimum absolute atomic E-state index is 0.274. The van der Waals surface area contributed by atoms with Crippen LogP contribution >= 0.6 is 0 Å². The van der Waals surface area contributed by atoms with E-state index in [0.717, 1.165) is 5.56 Å². The van der Waals surface area contributed by atoms with Crippen molar-refractivity contribution in [2.75, 3.05) is 6.54 Å². The molecule has 37 heavy (non-hydrogen) atoms. The molecule has 13 heteroatoms. The van der Waals surface area contributed by atoms with Gasteiger partial charge in [0.15, 0.2) is 0 Å². The molecule has 1 heterocycles. The average Bonchev–Trinajstić information content (AvgIpc) is 3.33. The zero-order valence-electron chi connectivity index (χ0n) is 20.3. The highest BCUT2D eigenvalue weighted by Crippen LogP contribution is 2.20. The highest BCUT2D eigenvalue weighted by molar-refractivity contribution is 5.94. The average molecular weight is 520 g/mol. The summed E-state index contributed by atoms with van der Waals surface area (Å²) in [5.41, 5.74) is 12.0. The molecule has 0 bridgehead atoms. The van der Waals surface area contributed by atoms with E-state index in [0.29, 0.717) is 19.4 Å². The lowest BCUT2D eigenvalue weighted by molar-refractivity contribution is -0.144. The lowest BCUT2D eigenvalue weighted by atomic mass is 10.0. The van der Waals surface area contributed by atoms with E-state index in [4.69, 9.17) is 16.6 Å². The molecule has 4 atom stereocenters. The van der Waals surface area contributed by atoms with Crippen LogP contribution in [0.3, 0.4) is 0 Å². The molecule has 4 unspecified atom stereocenters. The van der Waals surface area contributed by atoms with Crippen LogP contribution in [0.2, 0.25) is 0 Å². The highest BCUT2D eigenvalue weighted by atomic mass is 16.4. The largest absolute Gasteiger partial charge is 0.481 e. The van der Waals surface area contributed by atoms with Gasteiger partial charge in [0.2, 0.25) is 23.6 Å². The molecule has 1 fully saturated rings. The molecule has 0 radical (unpaired) electrons. The van der Waals surface area contributed by atoms with E-state index in [1.165, 1.54) is 4.90 Å². The van der Waals surface area contributed by atoms with Gasteiger partial charge in [-0.1, -0.05) is 30.3 Å². The molecule has 4 amide bonds. The van der Waals surface area contributed by atoms with E-state index in [9.17, 15) is 33.9 Å². The lowest BCUT2D eigenvalue weighted by Crippen LogP contribution is -2.56. The Kier molecular flexibility index (Phi) is 11.0. The molecule has 2 rings (SSSR count). The molecule has 0 aliphatic carbocycles. The zero-order valence-corrected chi connectivity index (χ0v) is 20.3. The van der Waals surface area contributed by atoms with E-state index in [-0.39, 0.29) is 25.7 Å². The number of nitrogens with one attached hydrogen (secondary N) is 2. The monoisotopic (exact) mass is 519 g/mol. The topological polar surface area (TPSA) is 222 Å². The first-order chi connectivity index (χ1) is 17.5. The van der Waals surface area contributed by atoms with Crippen molar-refractivity contribution in [3.8, 4) is 0 Å². The van der Waals surface area contributed by atoms with Crippen LogP contribution < -0.4 is 22.1 Å². The van der Waals surface area contributed by atoms with Gasteiger partial charge in [-0.15, -0.1) is 0 Å². The SMILES string of the molecule is NC(=O)CCC(NC(=O)C(CCC(=O)O)NC(=O)C1CCCN1C(=O)C(N)Cc1ccccc1)C(=O)O. The maximum Gasteiger partial charge on any atom is 0.326 e. The van der Waals surface area contributed by atoms with Crippen LogP contribution in [-0.2, 0) is 35.2 Å². The number of carboxylic acid groups (broad SMARTS) is 2. The third-order valence-corrected chi connectivity index (χ3v) is 6.03. The van der Waals surface area contributed by atoms with Crippen molar-refractivity contribution in [3.05, 3.63) is 35.9 Å². The van der Waals surface area contributed by atoms with Gasteiger partial charge in [0, 0.05) is 19.4 Å². The van der Waals surface area contributed by atoms with Crippen molar-refractivity contribution in [3.63, 3.8) is 0 Å². The van der Waals surface area contributed by atoms with Gasteiger partial charge in [0.1, 0.15) is 18.1 Å². The van der Waals surface area contributed by atoms with Crippen LogP contribution in [0.25, 0.3) is 0 Å². The summed E-state index contributed by atoms with van der Waals surface area (Å²) >= 11 is 0. The molecule has 1 aliphatic heterocycles. The zero-order chi connectivity index (χ0) is 27.5. The molecule has 1 saturated heterocycles. The molecule has 0 saturated carbocycles. The van der Waals surface area contributed by atoms with E-state index >= 15 is 0 Å². The van der Waals surface area contributed by atoms with Crippen LogP contribution in [0.4, 0.5) is 0 Å². The fourth-order valence-electron chi connectivity index (χ4n) is 4.09. The predicted octanol–water partition coefficient (Wildman–Crippen LogP) is -1.27. The van der Waals surface area contributed by atoms with Crippen molar-refractivity contribution < 1.29 is 39.0 Å². The van der Waals surface area contributed by atoms with Crippen molar-refractivity contribution in [2.24, 2.45) is 11.5 Å². The number of hydrogen-bond acceptors (Lipinski definition) is 7. The highest BCUT2D eigenvalue weighted by Gasteiger charge is 2.38. The summed E-state index contributed by atoms with van der Waals surface area (Å²) < 4.78 is 0. The van der Waals surface area contributed by atoms with Gasteiger partial charge < -0.3 is 37.2 Å². The van der Waals surface area contributed by atoms with Crippen molar-refractivity contribution >= 4 is 35.6 Å². The summed E-state index contributed by atoms with van der Waals surface area (Å²) in [7, 11) is 0. The Morgan fingerprint density at radius 2 is 1.62 bits per heavy atom. The number of carbonyl (C=O) groups is 6. The number of nitrogens with zero attached hydrogens (tertiary/aromatic N) is 1. The molecular formula is C24H33N5O8. The smallest absolute Gasteiger partial charge is 0.326 e. The quantitative estimate of drug-likeness (QED) is 0.172. The minimum atomic E-state index is -1.47. The van der Waals surface area contributed by atoms with Gasteiger partial charge in [0.25, 0.3) is 0 Å². The third-order valence-electron chi connectivity index (χ3n) is 6.03. The molecule has 0 aromatic heterocycles. The summed E-state index contributed by atoms with van der Waals surface area (Å²) in [6, 6.07) is 4.50. The van der Waals surface area contributed by atoms with Crippen molar-refractivity contribution in [2.45, 2.75) is 69.1 Å². The molecule has 8 N–H and O–H groups in total. The van der Waals surface area contributed by atoms with Crippen LogP contribution in [0.1, 0.15) is 44.1 Å². The Morgan fingerprint density at radius 1 is 0.973 bits per heavy atom. The van der Waals surface area contributed by atoms with Gasteiger partial charge in [-0.3, -0.25) is 24.0 Å². The summed E-state index contributed by atoms with van der Waals surface area (Å²) in [4.78, 5) is 73.8. The van der Waals surface area contributed by atoms with E-state index in [2.05, 4.69) is 10.6 Å². The first-order valence-corrected chi connectivity index (χ1v) is 11.9. The molecule has 1 aliphatic rings. The van der Waals surface area contributed by atoms with Gasteiger partial charge in [-0.05, 0) is 37.7 Å². The predicted molar refractivity (Wildman–Crippen MR) is 130 cm³/mol. The Bertz CT molecular complexity index is 1000. The molecular weight excluding hydrogens is 486 g/mol. The second kappa shape index (κ2) is 13.9. The number of rotatable bonds is 14. The first kappa shape index (κ1) is 29.2. The molecule has 0 spiro atoms. The number of nitrogens with two attached hydrogens (primary N) is 2. The van der Waals surface area contributed by atoms with Gasteiger partial charge in [0.05, 0.1) is 6.04 Å². The Balaban J connectivity index is 2.09. The maximum atomic E-state index is 13.1. The van der Waals surface area contributed by atoms with Gasteiger partial charge >= 0.3 is 11.9 Å². The number of likely N-dealkylation sites (tertiary alicyclic amines) is 1. The lowest BCUT2D eigenvalue weighted by Gasteiger charge is -2.28. The van der Waals surface area contributed by atoms with Crippen LogP contribution in [0.15, 0.2) is 30.3 Å². The summed E-state index contributed by atoms with van der Waals surface area (Å²) in [6.07, 6.45) is -0.251. The number of hydrogen-bond donors (Lipinski definition) is 6. The summed E-state index contributed by atoms with van der Waals surface area (Å²) in [5, 5.41) is 23.1. The normalized spacial score (nSPS) is 17.3. The second-order valence-corrected chi connectivity index (χ2v) is 8.88. The Hall–Kier alpha value is -4.00. The fraction of sp³-hybridized carbons (Fsp3) is 0.500. The number of carboxylic acids is 2. The number of aliphatic carboxylic acids is 2. The number of benzene rings is 1. The van der Waals surface area contributed by atoms with Gasteiger partial charge in [-0.2, -0.15) is 0 Å². The summed E-state index contributed by atoms with van der Waals surface area (Å²) in [6.45, 7) is 0.291. The molecule has 13 nitrogen and oxygen atoms in total. The number of primary amides is 1. The van der Waals surface area contributed by atoms with Crippen LogP contribution in [-0.4, -0.2) is 81.4 Å².